The lowest BCUT2D eigenvalue weighted by molar-refractivity contribution is -0.362. The highest BCUT2D eigenvalue weighted by atomic mass is 16.8. The topological polar surface area (TPSA) is 79.2 Å². The van der Waals surface area contributed by atoms with E-state index in [0.717, 1.165) is 0 Å². The highest BCUT2D eigenvalue weighted by Crippen LogP contribution is 2.14. The van der Waals surface area contributed by atoms with E-state index in [1.54, 1.807) is 6.92 Å². The number of ether oxygens (including phenoxy) is 2. The summed E-state index contributed by atoms with van der Waals surface area (Å²) >= 11 is 0. The van der Waals surface area contributed by atoms with Gasteiger partial charge in [0, 0.05) is 19.6 Å². The molecule has 0 heterocycles. The van der Waals surface area contributed by atoms with E-state index in [4.69, 9.17) is 19.7 Å². The predicted octanol–water partition coefficient (Wildman–Crippen LogP) is -0.160. The first-order valence-corrected chi connectivity index (χ1v) is 4.90. The Bertz CT molecular complexity index is 118. The molecule has 0 aliphatic heterocycles. The van der Waals surface area contributed by atoms with Gasteiger partial charge < -0.3 is 24.8 Å². The molecule has 0 radical (unpaired) electrons. The average Bonchev–Trinajstić information content (AvgIpc) is 2.19. The molecule has 86 valence electrons. The fourth-order valence-corrected chi connectivity index (χ4v) is 0.838. The van der Waals surface area contributed by atoms with Crippen molar-refractivity contribution in [2.24, 2.45) is 0 Å². The van der Waals surface area contributed by atoms with Crippen LogP contribution in [0.3, 0.4) is 0 Å². The molecule has 5 nitrogen and oxygen atoms in total. The first-order valence-electron chi connectivity index (χ1n) is 4.90. The molecule has 0 rings (SSSR count). The SMILES string of the molecule is CCC(O)(OCCCO)OCCCO. The molecule has 5 heteroatoms. The van der Waals surface area contributed by atoms with Gasteiger partial charge in [-0.3, -0.25) is 0 Å². The molecule has 0 bridgehead atoms. The Balaban J connectivity index is 3.67. The lowest BCUT2D eigenvalue weighted by atomic mass is 10.4. The van der Waals surface area contributed by atoms with Gasteiger partial charge in [-0.15, -0.1) is 0 Å². The third kappa shape index (κ3) is 6.28. The molecule has 0 aromatic carbocycles. The summed E-state index contributed by atoms with van der Waals surface area (Å²) in [5.41, 5.74) is 0. The highest BCUT2D eigenvalue weighted by molar-refractivity contribution is 4.51. The van der Waals surface area contributed by atoms with Gasteiger partial charge in [0.1, 0.15) is 0 Å². The first-order chi connectivity index (χ1) is 6.68. The van der Waals surface area contributed by atoms with Crippen molar-refractivity contribution < 1.29 is 24.8 Å². The summed E-state index contributed by atoms with van der Waals surface area (Å²) in [6.45, 7) is 2.28. The normalized spacial score (nSPS) is 12.0. The summed E-state index contributed by atoms with van der Waals surface area (Å²) < 4.78 is 10.1. The second-order valence-electron chi connectivity index (χ2n) is 2.92. The van der Waals surface area contributed by atoms with Crippen molar-refractivity contribution in [2.75, 3.05) is 26.4 Å². The molecule has 0 saturated heterocycles. The standard InChI is InChI=1S/C9H20O5/c1-2-9(12,13-7-3-5-10)14-8-4-6-11/h10-12H,2-8H2,1H3. The molecule has 0 aromatic rings. The second kappa shape index (κ2) is 8.14. The molecular formula is C9H20O5. The maximum atomic E-state index is 9.67. The third-order valence-corrected chi connectivity index (χ3v) is 1.71. The van der Waals surface area contributed by atoms with Crippen LogP contribution >= 0.6 is 0 Å². The Morgan fingerprint density at radius 3 is 1.71 bits per heavy atom. The Labute approximate surface area is 84.3 Å². The molecule has 14 heavy (non-hydrogen) atoms. The van der Waals surface area contributed by atoms with Gasteiger partial charge in [0.05, 0.1) is 13.2 Å². The Hall–Kier alpha value is -0.200. The molecular weight excluding hydrogens is 188 g/mol. The highest BCUT2D eigenvalue weighted by Gasteiger charge is 2.25. The van der Waals surface area contributed by atoms with Gasteiger partial charge in [-0.05, 0) is 12.8 Å². The van der Waals surface area contributed by atoms with E-state index in [2.05, 4.69) is 0 Å². The van der Waals surface area contributed by atoms with Gasteiger partial charge in [0.2, 0.25) is 0 Å². The molecule has 0 unspecified atom stereocenters. The van der Waals surface area contributed by atoms with Crippen LogP contribution in [0.5, 0.6) is 0 Å². The van der Waals surface area contributed by atoms with Gasteiger partial charge in [-0.25, -0.2) is 0 Å². The first kappa shape index (κ1) is 13.8. The Kier molecular flexibility index (Phi) is 8.02. The molecule has 0 atom stereocenters. The largest absolute Gasteiger partial charge is 0.396 e. The fourth-order valence-electron chi connectivity index (χ4n) is 0.838. The number of hydrogen-bond donors (Lipinski definition) is 3. The van der Waals surface area contributed by atoms with Crippen LogP contribution < -0.4 is 0 Å². The summed E-state index contributed by atoms with van der Waals surface area (Å²) in [6, 6.07) is 0. The van der Waals surface area contributed by atoms with Gasteiger partial charge in [0.15, 0.2) is 0 Å². The quantitative estimate of drug-likeness (QED) is 0.362. The Morgan fingerprint density at radius 1 is 1.00 bits per heavy atom. The minimum Gasteiger partial charge on any atom is -0.396 e. The minimum absolute atomic E-state index is 0.0242. The summed E-state index contributed by atoms with van der Waals surface area (Å²) in [7, 11) is 0. The van der Waals surface area contributed by atoms with Crippen LogP contribution in [0.4, 0.5) is 0 Å². The van der Waals surface area contributed by atoms with E-state index in [9.17, 15) is 5.11 Å². The van der Waals surface area contributed by atoms with Crippen LogP contribution in [0, 0.1) is 0 Å². The van der Waals surface area contributed by atoms with E-state index in [1.165, 1.54) is 0 Å². The van der Waals surface area contributed by atoms with Crippen molar-refractivity contribution in [1.29, 1.82) is 0 Å². The van der Waals surface area contributed by atoms with E-state index in [1.807, 2.05) is 0 Å². The van der Waals surface area contributed by atoms with Crippen molar-refractivity contribution in [1.82, 2.24) is 0 Å². The zero-order valence-corrected chi connectivity index (χ0v) is 8.61. The van der Waals surface area contributed by atoms with Crippen LogP contribution in [0.15, 0.2) is 0 Å². The van der Waals surface area contributed by atoms with E-state index < -0.39 is 5.97 Å². The predicted molar refractivity (Wildman–Crippen MR) is 50.6 cm³/mol. The smallest absolute Gasteiger partial charge is 0.280 e. The minimum atomic E-state index is -1.58. The van der Waals surface area contributed by atoms with E-state index in [-0.39, 0.29) is 26.4 Å². The van der Waals surface area contributed by atoms with Gasteiger partial charge in [-0.2, -0.15) is 0 Å². The second-order valence-corrected chi connectivity index (χ2v) is 2.92. The molecule has 0 aliphatic carbocycles. The molecule has 0 aliphatic rings. The average molecular weight is 208 g/mol. The van der Waals surface area contributed by atoms with Crippen molar-refractivity contribution in [3.8, 4) is 0 Å². The van der Waals surface area contributed by atoms with Crippen LogP contribution in [0.25, 0.3) is 0 Å². The molecule has 0 fully saturated rings. The fraction of sp³-hybridized carbons (Fsp3) is 1.00. The summed E-state index contributed by atoms with van der Waals surface area (Å²) in [5, 5.41) is 26.7. The van der Waals surface area contributed by atoms with Crippen molar-refractivity contribution >= 4 is 0 Å². The van der Waals surface area contributed by atoms with Crippen LogP contribution in [-0.2, 0) is 9.47 Å². The number of aliphatic hydroxyl groups is 3. The molecule has 0 saturated carbocycles. The van der Waals surface area contributed by atoms with Crippen molar-refractivity contribution in [3.63, 3.8) is 0 Å². The van der Waals surface area contributed by atoms with Gasteiger partial charge in [0.25, 0.3) is 5.97 Å². The summed E-state index contributed by atoms with van der Waals surface area (Å²) in [4.78, 5) is 0. The third-order valence-electron chi connectivity index (χ3n) is 1.71. The van der Waals surface area contributed by atoms with Crippen LogP contribution in [-0.4, -0.2) is 47.7 Å². The maximum absolute atomic E-state index is 9.67. The van der Waals surface area contributed by atoms with Gasteiger partial charge >= 0.3 is 0 Å². The number of rotatable bonds is 9. The number of aliphatic hydroxyl groups excluding tert-OH is 2. The van der Waals surface area contributed by atoms with E-state index in [0.29, 0.717) is 19.3 Å². The summed E-state index contributed by atoms with van der Waals surface area (Å²) in [5.74, 6) is -1.58. The van der Waals surface area contributed by atoms with E-state index >= 15 is 0 Å². The molecule has 0 amide bonds. The molecule has 3 N–H and O–H groups in total. The van der Waals surface area contributed by atoms with Crippen molar-refractivity contribution in [3.05, 3.63) is 0 Å². The maximum Gasteiger partial charge on any atom is 0.280 e. The van der Waals surface area contributed by atoms with Gasteiger partial charge in [-0.1, -0.05) is 6.92 Å². The Morgan fingerprint density at radius 2 is 1.43 bits per heavy atom. The van der Waals surface area contributed by atoms with Crippen molar-refractivity contribution in [2.45, 2.75) is 32.2 Å². The number of hydrogen-bond acceptors (Lipinski definition) is 5. The lowest BCUT2D eigenvalue weighted by Gasteiger charge is -2.26. The zero-order valence-electron chi connectivity index (χ0n) is 8.61. The summed E-state index contributed by atoms with van der Waals surface area (Å²) in [6.07, 6.45) is 1.24. The zero-order chi connectivity index (χ0) is 10.9. The monoisotopic (exact) mass is 208 g/mol. The van der Waals surface area contributed by atoms with Crippen LogP contribution in [0.1, 0.15) is 26.2 Å². The lowest BCUT2D eigenvalue weighted by Crippen LogP contribution is -2.36. The molecule has 0 spiro atoms. The van der Waals surface area contributed by atoms with Crippen LogP contribution in [0.2, 0.25) is 0 Å². The molecule has 0 aromatic heterocycles.